The van der Waals surface area contributed by atoms with Gasteiger partial charge in [0.05, 0.1) is 5.25 Å². The lowest BCUT2D eigenvalue weighted by molar-refractivity contribution is 0.509. The molecule has 4 heteroatoms. The smallest absolute Gasteiger partial charge is 0.151 e. The molecule has 0 saturated heterocycles. The Morgan fingerprint density at radius 3 is 1.90 bits per heavy atom. The van der Waals surface area contributed by atoms with Crippen LogP contribution < -0.4 is 5.32 Å². The van der Waals surface area contributed by atoms with Crippen molar-refractivity contribution in [2.24, 2.45) is 0 Å². The highest BCUT2D eigenvalue weighted by molar-refractivity contribution is 7.91. The van der Waals surface area contributed by atoms with Crippen molar-refractivity contribution in [1.29, 1.82) is 0 Å². The Labute approximate surface area is 123 Å². The van der Waals surface area contributed by atoms with Crippen LogP contribution in [0.4, 0.5) is 0 Å². The highest BCUT2D eigenvalue weighted by Crippen LogP contribution is 2.31. The molecule has 0 fully saturated rings. The van der Waals surface area contributed by atoms with E-state index in [9.17, 15) is 8.42 Å². The van der Waals surface area contributed by atoms with Crippen LogP contribution in [-0.2, 0) is 9.84 Å². The Kier molecular flexibility index (Phi) is 5.39. The molecular formula is C16H27NO2S. The lowest BCUT2D eigenvalue weighted by atomic mass is 9.88. The second-order valence-corrected chi connectivity index (χ2v) is 8.15. The van der Waals surface area contributed by atoms with E-state index in [1.165, 1.54) is 28.5 Å². The summed E-state index contributed by atoms with van der Waals surface area (Å²) in [6, 6.07) is 2.01. The summed E-state index contributed by atoms with van der Waals surface area (Å²) in [5, 5.41) is 2.92. The van der Waals surface area contributed by atoms with E-state index in [1.54, 1.807) is 6.92 Å². The molecule has 1 rings (SSSR count). The number of hydrogen-bond acceptors (Lipinski definition) is 3. The van der Waals surface area contributed by atoms with Gasteiger partial charge >= 0.3 is 0 Å². The molecule has 0 radical (unpaired) electrons. The van der Waals surface area contributed by atoms with E-state index >= 15 is 0 Å². The van der Waals surface area contributed by atoms with Gasteiger partial charge in [-0.25, -0.2) is 8.42 Å². The second kappa shape index (κ2) is 6.27. The molecule has 2 atom stereocenters. The minimum Gasteiger partial charge on any atom is -0.309 e. The lowest BCUT2D eigenvalue weighted by Crippen LogP contribution is -2.36. The van der Waals surface area contributed by atoms with Crippen LogP contribution in [0.3, 0.4) is 0 Å². The maximum absolute atomic E-state index is 12.0. The number of benzene rings is 1. The fraction of sp³-hybridized carbons (Fsp3) is 0.625. The monoisotopic (exact) mass is 297 g/mol. The van der Waals surface area contributed by atoms with Gasteiger partial charge in [0.2, 0.25) is 0 Å². The maximum Gasteiger partial charge on any atom is 0.151 e. The zero-order chi connectivity index (χ0) is 15.7. The Balaban J connectivity index is 3.51. The fourth-order valence-corrected chi connectivity index (χ4v) is 3.41. The van der Waals surface area contributed by atoms with E-state index in [-0.39, 0.29) is 6.04 Å². The van der Waals surface area contributed by atoms with Crippen molar-refractivity contribution in [2.45, 2.75) is 52.8 Å². The summed E-state index contributed by atoms with van der Waals surface area (Å²) in [4.78, 5) is 0. The summed E-state index contributed by atoms with van der Waals surface area (Å²) in [5.41, 5.74) is 5.95. The maximum atomic E-state index is 12.0. The van der Waals surface area contributed by atoms with Crippen LogP contribution >= 0.6 is 0 Å². The molecule has 0 aliphatic rings. The first-order chi connectivity index (χ1) is 9.11. The minimum absolute atomic E-state index is 0.159. The average Bonchev–Trinajstić information content (AvgIpc) is 2.33. The van der Waals surface area contributed by atoms with Gasteiger partial charge < -0.3 is 5.32 Å². The normalized spacial score (nSPS) is 15.2. The zero-order valence-electron chi connectivity index (χ0n) is 13.7. The Morgan fingerprint density at radius 2 is 1.55 bits per heavy atom. The van der Waals surface area contributed by atoms with E-state index in [4.69, 9.17) is 0 Å². The van der Waals surface area contributed by atoms with Gasteiger partial charge in [-0.2, -0.15) is 0 Å². The van der Waals surface area contributed by atoms with Crippen molar-refractivity contribution in [2.75, 3.05) is 12.8 Å². The van der Waals surface area contributed by atoms with E-state index in [0.29, 0.717) is 0 Å². The molecule has 114 valence electrons. The van der Waals surface area contributed by atoms with Crippen LogP contribution in [0.1, 0.15) is 47.7 Å². The molecule has 1 aromatic rings. The minimum atomic E-state index is -3.09. The highest BCUT2D eigenvalue weighted by atomic mass is 32.2. The fourth-order valence-electron chi connectivity index (χ4n) is 2.68. The second-order valence-electron chi connectivity index (χ2n) is 5.74. The number of aryl methyl sites for hydroxylation is 2. The van der Waals surface area contributed by atoms with Crippen molar-refractivity contribution in [1.82, 2.24) is 5.32 Å². The van der Waals surface area contributed by atoms with Crippen LogP contribution in [0.5, 0.6) is 0 Å². The standard InChI is InChI=1S/C16H27NO2S/c1-8-17-16(14(6)20(7,18)19)15-12(4)10(2)9-11(3)13(15)5/h9,14,16-17H,8H2,1-7H3. The first-order valence-electron chi connectivity index (χ1n) is 7.10. The number of rotatable bonds is 5. The molecule has 1 N–H and O–H groups in total. The molecule has 20 heavy (non-hydrogen) atoms. The van der Waals surface area contributed by atoms with Gasteiger partial charge in [-0.1, -0.05) is 13.0 Å². The summed E-state index contributed by atoms with van der Waals surface area (Å²) >= 11 is 0. The van der Waals surface area contributed by atoms with E-state index in [1.807, 2.05) is 6.92 Å². The van der Waals surface area contributed by atoms with Crippen LogP contribution in [0.15, 0.2) is 6.07 Å². The predicted octanol–water partition coefficient (Wildman–Crippen LogP) is 3.00. The van der Waals surface area contributed by atoms with Crippen molar-refractivity contribution < 1.29 is 8.42 Å². The molecule has 0 aliphatic carbocycles. The van der Waals surface area contributed by atoms with Crippen LogP contribution in [-0.4, -0.2) is 26.5 Å². The Morgan fingerprint density at radius 1 is 1.10 bits per heavy atom. The number of nitrogens with one attached hydrogen (secondary N) is 1. The van der Waals surface area contributed by atoms with Gasteiger partial charge in [0.25, 0.3) is 0 Å². The summed E-state index contributed by atoms with van der Waals surface area (Å²) in [7, 11) is -3.09. The van der Waals surface area contributed by atoms with Crippen molar-refractivity contribution >= 4 is 9.84 Å². The van der Waals surface area contributed by atoms with Crippen molar-refractivity contribution in [3.63, 3.8) is 0 Å². The average molecular weight is 297 g/mol. The van der Waals surface area contributed by atoms with Crippen molar-refractivity contribution in [3.8, 4) is 0 Å². The largest absolute Gasteiger partial charge is 0.309 e. The van der Waals surface area contributed by atoms with Crippen molar-refractivity contribution in [3.05, 3.63) is 33.9 Å². The van der Waals surface area contributed by atoms with Gasteiger partial charge in [0.15, 0.2) is 9.84 Å². The molecule has 0 spiro atoms. The Hall–Kier alpha value is -0.870. The number of hydrogen-bond donors (Lipinski definition) is 1. The van der Waals surface area contributed by atoms with Gasteiger partial charge in [-0.15, -0.1) is 0 Å². The predicted molar refractivity (Wildman–Crippen MR) is 86.1 cm³/mol. The Bertz CT molecular complexity index is 565. The zero-order valence-corrected chi connectivity index (χ0v) is 14.5. The molecule has 0 saturated carbocycles. The number of sulfone groups is 1. The van der Waals surface area contributed by atoms with Crippen LogP contribution in [0.25, 0.3) is 0 Å². The topological polar surface area (TPSA) is 46.2 Å². The summed E-state index contributed by atoms with van der Waals surface area (Å²) in [6.07, 6.45) is 1.31. The van der Waals surface area contributed by atoms with Gasteiger partial charge in [0.1, 0.15) is 0 Å². The molecule has 2 unspecified atom stereocenters. The molecular weight excluding hydrogens is 270 g/mol. The quantitative estimate of drug-likeness (QED) is 0.909. The molecule has 1 aromatic carbocycles. The van der Waals surface area contributed by atoms with Gasteiger partial charge in [-0.3, -0.25) is 0 Å². The molecule has 0 amide bonds. The van der Waals surface area contributed by atoms with Gasteiger partial charge in [-0.05, 0) is 69.0 Å². The third kappa shape index (κ3) is 3.41. The van der Waals surface area contributed by atoms with Gasteiger partial charge in [0, 0.05) is 12.3 Å². The van der Waals surface area contributed by atoms with E-state index in [0.717, 1.165) is 12.1 Å². The van der Waals surface area contributed by atoms with Crippen LogP contribution in [0.2, 0.25) is 0 Å². The van der Waals surface area contributed by atoms with E-state index < -0.39 is 15.1 Å². The molecule has 0 aliphatic heterocycles. The third-order valence-electron chi connectivity index (χ3n) is 4.30. The summed E-state index contributed by atoms with van der Waals surface area (Å²) in [5.74, 6) is 0. The molecule has 0 heterocycles. The van der Waals surface area contributed by atoms with E-state index in [2.05, 4.69) is 39.1 Å². The van der Waals surface area contributed by atoms with Crippen LogP contribution in [0, 0.1) is 27.7 Å². The first kappa shape index (κ1) is 17.2. The third-order valence-corrected chi connectivity index (χ3v) is 5.93. The molecule has 0 aromatic heterocycles. The molecule has 3 nitrogen and oxygen atoms in total. The highest BCUT2D eigenvalue weighted by Gasteiger charge is 2.29. The SMILES string of the molecule is CCNC(c1c(C)c(C)cc(C)c1C)C(C)S(C)(=O)=O. The summed E-state index contributed by atoms with van der Waals surface area (Å²) < 4.78 is 23.9. The summed E-state index contributed by atoms with van der Waals surface area (Å²) in [6.45, 7) is 12.9. The molecule has 0 bridgehead atoms. The lowest BCUT2D eigenvalue weighted by Gasteiger charge is -2.28. The first-order valence-corrected chi connectivity index (χ1v) is 9.06.